The van der Waals surface area contributed by atoms with E-state index in [-0.39, 0.29) is 35.6 Å². The first-order valence-electron chi connectivity index (χ1n) is 11.6. The van der Waals surface area contributed by atoms with Crippen molar-refractivity contribution in [1.82, 2.24) is 20.5 Å². The van der Waals surface area contributed by atoms with Gasteiger partial charge in [0.15, 0.2) is 0 Å². The minimum absolute atomic E-state index is 0.0680. The molecule has 3 fully saturated rings. The van der Waals surface area contributed by atoms with Crippen LogP contribution in [0.5, 0.6) is 0 Å². The molecular weight excluding hydrogens is 422 g/mol. The molecule has 8 nitrogen and oxygen atoms in total. The number of carbonyl (C=O) groups excluding carboxylic acids is 3. The van der Waals surface area contributed by atoms with E-state index in [4.69, 9.17) is 0 Å². The molecular formula is C23H33N5O3Si. The van der Waals surface area contributed by atoms with Gasteiger partial charge in [0.05, 0.1) is 14.1 Å². The van der Waals surface area contributed by atoms with Gasteiger partial charge in [-0.1, -0.05) is 24.9 Å². The first-order valence-corrected chi connectivity index (χ1v) is 14.4. The number of hydrogen-bond acceptors (Lipinski definition) is 4. The highest BCUT2D eigenvalue weighted by Gasteiger charge is 2.51. The Kier molecular flexibility index (Phi) is 5.92. The van der Waals surface area contributed by atoms with E-state index in [2.05, 4.69) is 21.7 Å². The van der Waals surface area contributed by atoms with E-state index in [1.54, 1.807) is 11.0 Å². The molecule has 0 unspecified atom stereocenters. The number of nitrogens with one attached hydrogen (secondary N) is 3. The fraction of sp³-hybridized carbons (Fsp3) is 0.652. The van der Waals surface area contributed by atoms with Crippen molar-refractivity contribution in [2.45, 2.75) is 82.2 Å². The summed E-state index contributed by atoms with van der Waals surface area (Å²) in [6, 6.07) is 7.58. The molecule has 3 saturated heterocycles. The lowest BCUT2D eigenvalue weighted by Gasteiger charge is -2.25. The standard InChI is InChI=1S/C23H33N5O3Si/c1-15-6-7-18(25-15)22(31)28-14-32(8-4-5-9-32)13-19(28)21(30)26-17(12-24)10-16-11-23(2,3)27-20(16)29/h6-7,16-17,19,25H,4-5,8-11,13-14H2,1-3H3,(H,26,30)(H,27,29)/t16-,17+,19+/m1/s1. The zero-order chi connectivity index (χ0) is 23.1. The molecule has 9 heteroatoms. The van der Waals surface area contributed by atoms with Gasteiger partial charge in [0.2, 0.25) is 11.8 Å². The summed E-state index contributed by atoms with van der Waals surface area (Å²) < 4.78 is 0. The first kappa shape index (κ1) is 22.6. The highest BCUT2D eigenvalue weighted by Crippen LogP contribution is 2.41. The Morgan fingerprint density at radius 1 is 1.34 bits per heavy atom. The minimum Gasteiger partial charge on any atom is -0.355 e. The van der Waals surface area contributed by atoms with Crippen molar-refractivity contribution in [3.8, 4) is 6.07 Å². The summed E-state index contributed by atoms with van der Waals surface area (Å²) >= 11 is 0. The van der Waals surface area contributed by atoms with Gasteiger partial charge in [-0.25, -0.2) is 0 Å². The molecule has 0 saturated carbocycles. The topological polar surface area (TPSA) is 118 Å². The van der Waals surface area contributed by atoms with Gasteiger partial charge in [0.1, 0.15) is 17.8 Å². The summed E-state index contributed by atoms with van der Waals surface area (Å²) in [5.74, 6) is -0.766. The number of nitriles is 1. The van der Waals surface area contributed by atoms with Crippen molar-refractivity contribution < 1.29 is 14.4 Å². The quantitative estimate of drug-likeness (QED) is 0.590. The van der Waals surface area contributed by atoms with Crippen molar-refractivity contribution in [2.75, 3.05) is 6.17 Å². The lowest BCUT2D eigenvalue weighted by molar-refractivity contribution is -0.126. The zero-order valence-electron chi connectivity index (χ0n) is 19.2. The van der Waals surface area contributed by atoms with Crippen molar-refractivity contribution in [2.24, 2.45) is 5.92 Å². The normalized spacial score (nSPS) is 26.7. The van der Waals surface area contributed by atoms with Gasteiger partial charge in [-0.15, -0.1) is 0 Å². The maximum Gasteiger partial charge on any atom is 0.270 e. The van der Waals surface area contributed by atoms with Gasteiger partial charge in [0, 0.05) is 23.3 Å². The van der Waals surface area contributed by atoms with Gasteiger partial charge in [-0.2, -0.15) is 5.26 Å². The van der Waals surface area contributed by atoms with Crippen LogP contribution in [0.3, 0.4) is 0 Å². The van der Waals surface area contributed by atoms with Crippen molar-refractivity contribution in [3.63, 3.8) is 0 Å². The van der Waals surface area contributed by atoms with Crippen molar-refractivity contribution in [3.05, 3.63) is 23.5 Å². The smallest absolute Gasteiger partial charge is 0.270 e. The monoisotopic (exact) mass is 455 g/mol. The molecule has 0 aliphatic carbocycles. The van der Waals surface area contributed by atoms with Crippen LogP contribution >= 0.6 is 0 Å². The Morgan fingerprint density at radius 3 is 2.62 bits per heavy atom. The number of aryl methyl sites for hydroxylation is 1. The number of rotatable bonds is 5. The van der Waals surface area contributed by atoms with E-state index in [9.17, 15) is 19.6 Å². The molecule has 0 bridgehead atoms. The molecule has 4 rings (SSSR count). The number of nitrogens with zero attached hydrogens (tertiary/aromatic N) is 2. The third-order valence-corrected chi connectivity index (χ3v) is 12.5. The van der Waals surface area contributed by atoms with E-state index in [0.29, 0.717) is 18.3 Å². The molecule has 3 N–H and O–H groups in total. The summed E-state index contributed by atoms with van der Waals surface area (Å²) in [4.78, 5) is 43.7. The Morgan fingerprint density at radius 2 is 2.06 bits per heavy atom. The number of H-pyrrole nitrogens is 1. The van der Waals surface area contributed by atoms with E-state index in [1.807, 2.05) is 26.8 Å². The van der Waals surface area contributed by atoms with Gasteiger partial charge in [-0.05, 0) is 51.8 Å². The summed E-state index contributed by atoms with van der Waals surface area (Å²) in [6.07, 6.45) is 3.99. The largest absolute Gasteiger partial charge is 0.355 e. The average molecular weight is 456 g/mol. The summed E-state index contributed by atoms with van der Waals surface area (Å²) in [5, 5.41) is 15.5. The molecule has 3 amide bonds. The molecule has 3 aliphatic heterocycles. The molecule has 1 aromatic rings. The Bertz CT molecular complexity index is 959. The minimum atomic E-state index is -1.69. The molecule has 1 aromatic heterocycles. The number of hydrogen-bond donors (Lipinski definition) is 3. The Hall–Kier alpha value is -2.60. The molecule has 3 aliphatic rings. The highest BCUT2D eigenvalue weighted by atomic mass is 28.3. The summed E-state index contributed by atoms with van der Waals surface area (Å²) in [5.41, 5.74) is 1.12. The lowest BCUT2D eigenvalue weighted by atomic mass is 9.92. The molecule has 0 aromatic carbocycles. The SMILES string of the molecule is Cc1ccc(C(=O)N2C[Si]3(CCCC3)C[C@H]2C(=O)N[C@H](C#N)C[C@@H]2CC(C)(C)NC2=O)[nH]1. The van der Waals surface area contributed by atoms with Gasteiger partial charge < -0.3 is 20.5 Å². The molecule has 1 spiro atoms. The van der Waals surface area contributed by atoms with Crippen LogP contribution in [0.25, 0.3) is 0 Å². The van der Waals surface area contributed by atoms with Gasteiger partial charge >= 0.3 is 0 Å². The van der Waals surface area contributed by atoms with E-state index in [0.717, 1.165) is 23.8 Å². The van der Waals surface area contributed by atoms with E-state index < -0.39 is 20.2 Å². The summed E-state index contributed by atoms with van der Waals surface area (Å²) in [7, 11) is -1.69. The van der Waals surface area contributed by atoms with Crippen LogP contribution in [0, 0.1) is 24.2 Å². The van der Waals surface area contributed by atoms with Crippen LogP contribution in [-0.2, 0) is 9.59 Å². The predicted molar refractivity (Wildman–Crippen MR) is 122 cm³/mol. The number of carbonyl (C=O) groups is 3. The summed E-state index contributed by atoms with van der Waals surface area (Å²) in [6.45, 7) is 5.82. The Balaban J connectivity index is 1.48. The van der Waals surface area contributed by atoms with Crippen LogP contribution in [0.4, 0.5) is 0 Å². The van der Waals surface area contributed by atoms with Crippen molar-refractivity contribution in [1.29, 1.82) is 5.26 Å². The van der Waals surface area contributed by atoms with Crippen LogP contribution < -0.4 is 10.6 Å². The number of amides is 3. The van der Waals surface area contributed by atoms with Gasteiger partial charge in [0.25, 0.3) is 5.91 Å². The third kappa shape index (κ3) is 4.46. The predicted octanol–water partition coefficient (Wildman–Crippen LogP) is 2.24. The van der Waals surface area contributed by atoms with Crippen LogP contribution in [0.1, 0.15) is 55.7 Å². The van der Waals surface area contributed by atoms with Crippen LogP contribution in [0.2, 0.25) is 18.1 Å². The molecule has 3 atom stereocenters. The zero-order valence-corrected chi connectivity index (χ0v) is 20.2. The lowest BCUT2D eigenvalue weighted by Crippen LogP contribution is -2.49. The second kappa shape index (κ2) is 8.39. The first-order chi connectivity index (χ1) is 15.1. The van der Waals surface area contributed by atoms with Gasteiger partial charge in [-0.3, -0.25) is 14.4 Å². The molecule has 0 radical (unpaired) electrons. The second-order valence-electron chi connectivity index (χ2n) is 10.6. The Labute approximate surface area is 190 Å². The number of aromatic amines is 1. The maximum atomic E-state index is 13.3. The third-order valence-electron chi connectivity index (χ3n) is 7.38. The fourth-order valence-corrected chi connectivity index (χ4v) is 11.3. The fourth-order valence-electron chi connectivity index (χ4n) is 5.86. The highest BCUT2D eigenvalue weighted by molar-refractivity contribution is 6.82. The van der Waals surface area contributed by atoms with Crippen LogP contribution in [-0.4, -0.2) is 59.5 Å². The molecule has 32 heavy (non-hydrogen) atoms. The average Bonchev–Trinajstić information content (AvgIpc) is 3.50. The molecule has 4 heterocycles. The van der Waals surface area contributed by atoms with Crippen molar-refractivity contribution >= 4 is 25.8 Å². The maximum absolute atomic E-state index is 13.3. The van der Waals surface area contributed by atoms with E-state index in [1.165, 1.54) is 12.8 Å². The number of aromatic nitrogens is 1. The second-order valence-corrected chi connectivity index (χ2v) is 15.3. The van der Waals surface area contributed by atoms with E-state index >= 15 is 0 Å². The molecule has 172 valence electrons. The van der Waals surface area contributed by atoms with Crippen LogP contribution in [0.15, 0.2) is 12.1 Å².